The molecule has 2 aliphatic rings. The summed E-state index contributed by atoms with van der Waals surface area (Å²) in [7, 11) is 2.48. The van der Waals surface area contributed by atoms with Gasteiger partial charge in [0.15, 0.2) is 0 Å². The normalized spacial score (nSPS) is 14.4. The lowest BCUT2D eigenvalue weighted by Gasteiger charge is -2.33. The van der Waals surface area contributed by atoms with Crippen molar-refractivity contribution in [2.75, 3.05) is 11.9 Å². The van der Waals surface area contributed by atoms with E-state index in [4.69, 9.17) is 0 Å². The van der Waals surface area contributed by atoms with Gasteiger partial charge in [-0.15, -0.1) is 0 Å². The van der Waals surface area contributed by atoms with Gasteiger partial charge in [-0.05, 0) is 140 Å². The molecule has 0 fully saturated rings. The number of rotatable bonds is 6. The quantitative estimate of drug-likeness (QED) is 0.118. The van der Waals surface area contributed by atoms with E-state index in [1.54, 1.807) is 57.2 Å². The third-order valence-electron chi connectivity index (χ3n) is 15.3. The summed E-state index contributed by atoms with van der Waals surface area (Å²) >= 11 is 0. The number of anilines is 1. The van der Waals surface area contributed by atoms with Gasteiger partial charge in [-0.1, -0.05) is 71.8 Å². The van der Waals surface area contributed by atoms with E-state index in [1.165, 1.54) is 32.3 Å². The molecular formula is C61H41F9N4O8. The number of benzene rings is 7. The number of aryl methyl sites for hydroxylation is 4. The fraction of sp³-hybridized carbons (Fsp3) is 0.180. The monoisotopic (exact) mass is 1130 g/mol. The van der Waals surface area contributed by atoms with E-state index in [2.05, 4.69) is 0 Å². The maximum atomic E-state index is 14.9. The van der Waals surface area contributed by atoms with Crippen LogP contribution in [0, 0.1) is 27.7 Å². The van der Waals surface area contributed by atoms with Crippen LogP contribution in [0.15, 0.2) is 141 Å². The number of hydrogen-bond donors (Lipinski definition) is 0. The lowest BCUT2D eigenvalue weighted by atomic mass is 9.74. The average Bonchev–Trinajstić information content (AvgIpc) is 4.19. The first kappa shape index (κ1) is 55.8. The molecular weight excluding hydrogens is 1090 g/mol. The van der Waals surface area contributed by atoms with Crippen LogP contribution in [0.2, 0.25) is 0 Å². The van der Waals surface area contributed by atoms with Crippen molar-refractivity contribution in [3.05, 3.63) is 230 Å². The Bertz CT molecular complexity index is 4460. The number of carbonyl (C=O) groups is 4. The maximum absolute atomic E-state index is 14.9. The molecule has 0 aliphatic carbocycles. The van der Waals surface area contributed by atoms with Gasteiger partial charge in [-0.3, -0.25) is 47.8 Å². The van der Waals surface area contributed by atoms with Crippen molar-refractivity contribution < 1.29 is 58.7 Å². The number of amides is 4. The zero-order chi connectivity index (χ0) is 59.8. The van der Waals surface area contributed by atoms with E-state index in [0.29, 0.717) is 37.8 Å². The molecule has 7 aromatic carbocycles. The van der Waals surface area contributed by atoms with Crippen molar-refractivity contribution >= 4 is 50.9 Å². The molecule has 2 aliphatic heterocycles. The Morgan fingerprint density at radius 2 is 0.732 bits per heavy atom. The van der Waals surface area contributed by atoms with Gasteiger partial charge in [0.25, 0.3) is 45.9 Å². The summed E-state index contributed by atoms with van der Waals surface area (Å²) in [5.74, 6) is -3.53. The topological polar surface area (TPSA) is 153 Å². The average molecular weight is 1130 g/mol. The first-order valence-electron chi connectivity index (χ1n) is 24.8. The van der Waals surface area contributed by atoms with Gasteiger partial charge in [-0.25, -0.2) is 9.47 Å². The minimum atomic E-state index is -5.00. The third kappa shape index (κ3) is 8.72. The van der Waals surface area contributed by atoms with E-state index >= 15 is 0 Å². The smallest absolute Gasteiger partial charge is 0.277 e. The first-order chi connectivity index (χ1) is 38.3. The van der Waals surface area contributed by atoms with Crippen LogP contribution in [-0.4, -0.2) is 50.9 Å². The summed E-state index contributed by atoms with van der Waals surface area (Å²) in [5, 5.41) is -0.338. The van der Waals surface area contributed by atoms with Crippen LogP contribution in [0.4, 0.5) is 45.2 Å². The number of halogens is 9. The van der Waals surface area contributed by atoms with Crippen LogP contribution in [0.3, 0.4) is 0 Å². The number of fused-ring (bicyclic) bond motifs is 4. The van der Waals surface area contributed by atoms with E-state index < -0.39 is 103 Å². The molecule has 416 valence electrons. The van der Waals surface area contributed by atoms with Crippen LogP contribution < -0.4 is 27.1 Å². The predicted octanol–water partition coefficient (Wildman–Crippen LogP) is 11.6. The second kappa shape index (κ2) is 19.1. The van der Waals surface area contributed by atoms with Crippen molar-refractivity contribution in [1.82, 2.24) is 14.0 Å². The molecule has 0 saturated heterocycles. The van der Waals surface area contributed by atoms with Gasteiger partial charge in [0, 0.05) is 14.1 Å². The number of carbonyl (C=O) groups excluding carboxylic acids is 4. The van der Waals surface area contributed by atoms with Gasteiger partial charge < -0.3 is 0 Å². The Balaban J connectivity index is 0.000000192. The zero-order valence-corrected chi connectivity index (χ0v) is 44.0. The standard InChI is InChI=1S/C35H24F6N2O4.C26H17F3N2O4/c1-17-5-9-22(18(2)13-17)23-12-8-21(16-28(23)34(36,37)38)43-31(46)25-11-7-20(15-27(25)32(43)47)33(3,35(39,40)41)19-6-10-24-26(14-19)30(45)42(4)29(24)44;1-12-4-6-15(13(2)8-12)16-7-5-14(9-21(16)26(27,28)29)31-24(34)19-10-17-18(11-20(19)25(31)35)23(33)30(3)22(17)32/h5-16H,1-4H3;4-11H,1-3H3. The van der Waals surface area contributed by atoms with E-state index in [0.717, 1.165) is 88.2 Å². The summed E-state index contributed by atoms with van der Waals surface area (Å²) in [6.07, 6.45) is -14.6. The Labute approximate surface area is 457 Å². The highest BCUT2D eigenvalue weighted by molar-refractivity contribution is 6.34. The first-order valence-corrected chi connectivity index (χ1v) is 24.8. The SMILES string of the molecule is Cc1ccc(-c2ccc(-n3c(=O)c4cc5c(=O)n(C)c(=O)c5cc4c3=O)cc2C(F)(F)F)c(C)c1.Cc1ccc(-c2ccc(N3C(=O)c4ccc(C(C)(c5ccc6c(c5)C(=O)N(C)C6=O)C(F)(F)F)cc4C3=O)cc2C(F)(F)F)c(C)c1. The number of aromatic nitrogens is 2. The minimum Gasteiger partial charge on any atom is -0.277 e. The molecule has 11 rings (SSSR count). The highest BCUT2D eigenvalue weighted by Gasteiger charge is 2.55. The van der Waals surface area contributed by atoms with Crippen LogP contribution in [0.5, 0.6) is 0 Å². The molecule has 21 heteroatoms. The minimum absolute atomic E-state index is 0.0274. The third-order valence-corrected chi connectivity index (χ3v) is 15.3. The van der Waals surface area contributed by atoms with Gasteiger partial charge in [0.2, 0.25) is 0 Å². The summed E-state index contributed by atoms with van der Waals surface area (Å²) in [4.78, 5) is 104. The van der Waals surface area contributed by atoms with Crippen LogP contribution in [0.25, 0.3) is 49.5 Å². The molecule has 9 aromatic rings. The second-order valence-electron chi connectivity index (χ2n) is 20.4. The predicted molar refractivity (Wildman–Crippen MR) is 286 cm³/mol. The Morgan fingerprint density at radius 3 is 1.17 bits per heavy atom. The lowest BCUT2D eigenvalue weighted by Crippen LogP contribution is -2.41. The number of alkyl halides is 9. The van der Waals surface area contributed by atoms with Gasteiger partial charge in [-0.2, -0.15) is 39.5 Å². The Hall–Kier alpha value is -9.53. The molecule has 82 heavy (non-hydrogen) atoms. The fourth-order valence-electron chi connectivity index (χ4n) is 10.8. The molecule has 0 bridgehead atoms. The van der Waals surface area contributed by atoms with E-state index in [9.17, 15) is 77.9 Å². The Kier molecular flexibility index (Phi) is 13.0. The Morgan fingerprint density at radius 1 is 0.366 bits per heavy atom. The van der Waals surface area contributed by atoms with Crippen molar-refractivity contribution in [2.45, 2.75) is 58.6 Å². The van der Waals surface area contributed by atoms with Crippen LogP contribution >= 0.6 is 0 Å². The van der Waals surface area contributed by atoms with Gasteiger partial charge in [0.05, 0.1) is 66.3 Å². The zero-order valence-electron chi connectivity index (χ0n) is 44.0. The summed E-state index contributed by atoms with van der Waals surface area (Å²) < 4.78 is 131. The number of hydrogen-bond acceptors (Lipinski definition) is 8. The largest absolute Gasteiger partial charge is 0.417 e. The molecule has 4 heterocycles. The number of imide groups is 2. The van der Waals surface area contributed by atoms with Gasteiger partial charge in [0.1, 0.15) is 5.41 Å². The lowest BCUT2D eigenvalue weighted by molar-refractivity contribution is -0.173. The maximum Gasteiger partial charge on any atom is 0.417 e. The molecule has 0 saturated carbocycles. The van der Waals surface area contributed by atoms with Crippen molar-refractivity contribution in [3.63, 3.8) is 0 Å². The molecule has 4 amide bonds. The highest BCUT2D eigenvalue weighted by Crippen LogP contribution is 2.49. The number of nitrogens with zero attached hydrogens (tertiary/aromatic N) is 4. The fourth-order valence-corrected chi connectivity index (χ4v) is 10.8. The van der Waals surface area contributed by atoms with Gasteiger partial charge >= 0.3 is 18.5 Å². The summed E-state index contributed by atoms with van der Waals surface area (Å²) in [6, 6.07) is 24.7. The molecule has 2 aromatic heterocycles. The highest BCUT2D eigenvalue weighted by atomic mass is 19.4. The molecule has 1 atom stereocenters. The summed E-state index contributed by atoms with van der Waals surface area (Å²) in [5.41, 5.74) is -6.97. The second-order valence-corrected chi connectivity index (χ2v) is 20.4. The molecule has 0 N–H and O–H groups in total. The van der Waals surface area contributed by atoms with Crippen LogP contribution in [0.1, 0.15) is 92.9 Å². The molecule has 12 nitrogen and oxygen atoms in total. The molecule has 1 unspecified atom stereocenters. The van der Waals surface area contributed by atoms with Crippen molar-refractivity contribution in [3.8, 4) is 27.9 Å². The van der Waals surface area contributed by atoms with Crippen LogP contribution in [-0.2, 0) is 24.8 Å². The van der Waals surface area contributed by atoms with Crippen molar-refractivity contribution in [2.24, 2.45) is 7.05 Å². The molecule has 0 spiro atoms. The summed E-state index contributed by atoms with van der Waals surface area (Å²) in [6.45, 7) is 7.83. The van der Waals surface area contributed by atoms with E-state index in [-0.39, 0.29) is 55.0 Å². The van der Waals surface area contributed by atoms with Crippen molar-refractivity contribution in [1.29, 1.82) is 0 Å². The van der Waals surface area contributed by atoms with E-state index in [1.807, 2.05) is 6.92 Å². The molecule has 0 radical (unpaired) electrons.